The quantitative estimate of drug-likeness (QED) is 0.764. The largest absolute Gasteiger partial charge is 0.364 e. The first-order chi connectivity index (χ1) is 11.5. The highest BCUT2D eigenvalue weighted by atomic mass is 32.1. The van der Waals surface area contributed by atoms with Gasteiger partial charge in [0.2, 0.25) is 0 Å². The van der Waals surface area contributed by atoms with Crippen molar-refractivity contribution < 1.29 is 4.79 Å². The van der Waals surface area contributed by atoms with Crippen LogP contribution in [0.5, 0.6) is 0 Å². The molecule has 128 valence electrons. The molecule has 0 aliphatic carbocycles. The minimum atomic E-state index is -0.624. The highest BCUT2D eigenvalue weighted by molar-refractivity contribution is 7.10. The third kappa shape index (κ3) is 3.31. The van der Waals surface area contributed by atoms with Gasteiger partial charge in [0.15, 0.2) is 11.5 Å². The second kappa shape index (κ2) is 6.70. The number of primary amides is 1. The lowest BCUT2D eigenvalue weighted by molar-refractivity contribution is 0.0996. The van der Waals surface area contributed by atoms with Crippen LogP contribution >= 0.6 is 11.5 Å². The average molecular weight is 347 g/mol. The van der Waals surface area contributed by atoms with Gasteiger partial charge < -0.3 is 21.7 Å². The molecule has 0 spiro atoms. The van der Waals surface area contributed by atoms with E-state index in [1.165, 1.54) is 11.5 Å². The van der Waals surface area contributed by atoms with Gasteiger partial charge >= 0.3 is 0 Å². The maximum absolute atomic E-state index is 11.7. The number of nitrogens with zero attached hydrogens (tertiary/aromatic N) is 4. The maximum atomic E-state index is 11.7. The summed E-state index contributed by atoms with van der Waals surface area (Å²) in [6.45, 7) is 4.83. The summed E-state index contributed by atoms with van der Waals surface area (Å²) in [5.41, 5.74) is 12.6. The predicted molar refractivity (Wildman–Crippen MR) is 94.7 cm³/mol. The third-order valence-electron chi connectivity index (χ3n) is 4.20. The summed E-state index contributed by atoms with van der Waals surface area (Å²) in [7, 11) is 0. The highest BCUT2D eigenvalue weighted by Gasteiger charge is 2.27. The minimum absolute atomic E-state index is 0.0944. The van der Waals surface area contributed by atoms with E-state index in [1.807, 2.05) is 13.0 Å². The molecule has 9 heteroatoms. The molecule has 3 rings (SSSR count). The van der Waals surface area contributed by atoms with Gasteiger partial charge in [-0.2, -0.15) is 4.37 Å². The summed E-state index contributed by atoms with van der Waals surface area (Å²) < 4.78 is 4.21. The van der Waals surface area contributed by atoms with Crippen molar-refractivity contribution in [3.63, 3.8) is 0 Å². The zero-order valence-corrected chi connectivity index (χ0v) is 14.5. The molecule has 0 saturated carbocycles. The van der Waals surface area contributed by atoms with E-state index in [9.17, 15) is 4.79 Å². The molecule has 24 heavy (non-hydrogen) atoms. The fraction of sp³-hybridized carbons (Fsp3) is 0.467. The first-order valence-corrected chi connectivity index (χ1v) is 8.62. The van der Waals surface area contributed by atoms with Gasteiger partial charge in [-0.3, -0.25) is 4.79 Å². The standard InChI is InChI=1S/C15H21N7OS/c1-8-6-12(24-21-8)20-15-13(14(17)23)18-7-11(19-15)22-5-3-4-10(16)9(22)2/h6-7,9-10H,3-5,16H2,1-2H3,(H2,17,23)(H,19,20)/t9-,10-/m1/s1. The van der Waals surface area contributed by atoms with Crippen LogP contribution in [0.25, 0.3) is 0 Å². The molecule has 0 aromatic carbocycles. The number of nitrogens with two attached hydrogens (primary N) is 2. The van der Waals surface area contributed by atoms with E-state index < -0.39 is 5.91 Å². The molecule has 0 unspecified atom stereocenters. The van der Waals surface area contributed by atoms with Gasteiger partial charge in [-0.15, -0.1) is 0 Å². The molecule has 5 N–H and O–H groups in total. The molecular formula is C15H21N7OS. The first-order valence-electron chi connectivity index (χ1n) is 7.85. The Bertz CT molecular complexity index is 747. The lowest BCUT2D eigenvalue weighted by atomic mass is 9.98. The number of aromatic nitrogens is 3. The Hall–Kier alpha value is -2.26. The first kappa shape index (κ1) is 16.6. The Labute approximate surface area is 144 Å². The molecule has 2 atom stereocenters. The monoisotopic (exact) mass is 347 g/mol. The van der Waals surface area contributed by atoms with Crippen molar-refractivity contribution >= 4 is 34.1 Å². The Morgan fingerprint density at radius 2 is 2.29 bits per heavy atom. The number of amides is 1. The van der Waals surface area contributed by atoms with Crippen LogP contribution in [0, 0.1) is 6.92 Å². The van der Waals surface area contributed by atoms with Gasteiger partial charge in [-0.05, 0) is 44.3 Å². The van der Waals surface area contributed by atoms with Crippen LogP contribution in [0.2, 0.25) is 0 Å². The van der Waals surface area contributed by atoms with Crippen molar-refractivity contribution in [2.24, 2.45) is 11.5 Å². The van der Waals surface area contributed by atoms with Crippen LogP contribution in [-0.4, -0.2) is 38.9 Å². The summed E-state index contributed by atoms with van der Waals surface area (Å²) in [5, 5.41) is 3.89. The smallest absolute Gasteiger partial charge is 0.271 e. The molecule has 1 saturated heterocycles. The van der Waals surface area contributed by atoms with E-state index >= 15 is 0 Å². The van der Waals surface area contributed by atoms with Crippen LogP contribution in [-0.2, 0) is 0 Å². The van der Waals surface area contributed by atoms with Gasteiger partial charge in [-0.25, -0.2) is 9.97 Å². The third-order valence-corrected chi connectivity index (χ3v) is 5.00. The van der Waals surface area contributed by atoms with E-state index in [-0.39, 0.29) is 17.8 Å². The lowest BCUT2D eigenvalue weighted by Crippen LogP contribution is -2.50. The van der Waals surface area contributed by atoms with Gasteiger partial charge in [0.05, 0.1) is 11.9 Å². The predicted octanol–water partition coefficient (Wildman–Crippen LogP) is 1.40. The molecule has 2 aromatic rings. The summed E-state index contributed by atoms with van der Waals surface area (Å²) >= 11 is 1.29. The second-order valence-electron chi connectivity index (χ2n) is 5.99. The van der Waals surface area contributed by atoms with E-state index in [2.05, 4.69) is 31.5 Å². The van der Waals surface area contributed by atoms with E-state index in [4.69, 9.17) is 11.5 Å². The normalized spacial score (nSPS) is 20.9. The molecule has 1 fully saturated rings. The van der Waals surface area contributed by atoms with Crippen LogP contribution < -0.4 is 21.7 Å². The Morgan fingerprint density at radius 1 is 1.50 bits per heavy atom. The van der Waals surface area contributed by atoms with Crippen LogP contribution in [0.1, 0.15) is 35.9 Å². The van der Waals surface area contributed by atoms with Crippen molar-refractivity contribution in [2.45, 2.75) is 38.8 Å². The molecule has 0 bridgehead atoms. The van der Waals surface area contributed by atoms with E-state index in [0.29, 0.717) is 11.6 Å². The molecule has 8 nitrogen and oxygen atoms in total. The van der Waals surface area contributed by atoms with Gasteiger partial charge in [0.25, 0.3) is 5.91 Å². The van der Waals surface area contributed by atoms with Crippen LogP contribution in [0.3, 0.4) is 0 Å². The van der Waals surface area contributed by atoms with Crippen LogP contribution in [0.4, 0.5) is 16.6 Å². The molecule has 1 aliphatic heterocycles. The zero-order chi connectivity index (χ0) is 17.3. The molecule has 1 aliphatic rings. The Morgan fingerprint density at radius 3 is 2.96 bits per heavy atom. The lowest BCUT2D eigenvalue weighted by Gasteiger charge is -2.38. The maximum Gasteiger partial charge on any atom is 0.271 e. The summed E-state index contributed by atoms with van der Waals surface area (Å²) in [6.07, 6.45) is 3.58. The summed E-state index contributed by atoms with van der Waals surface area (Å²) in [4.78, 5) is 22.6. The second-order valence-corrected chi connectivity index (χ2v) is 6.79. The van der Waals surface area contributed by atoms with Crippen molar-refractivity contribution in [3.8, 4) is 0 Å². The van der Waals surface area contributed by atoms with E-state index in [0.717, 1.165) is 30.1 Å². The summed E-state index contributed by atoms with van der Waals surface area (Å²) in [6, 6.07) is 2.13. The molecule has 3 heterocycles. The number of carbonyl (C=O) groups excluding carboxylic acids is 1. The Kier molecular flexibility index (Phi) is 4.63. The van der Waals surface area contributed by atoms with Gasteiger partial charge in [-0.1, -0.05) is 0 Å². The van der Waals surface area contributed by atoms with E-state index in [1.54, 1.807) is 6.20 Å². The molecule has 0 radical (unpaired) electrons. The summed E-state index contributed by atoms with van der Waals surface area (Å²) in [5.74, 6) is 0.405. The number of rotatable bonds is 4. The van der Waals surface area contributed by atoms with Crippen molar-refractivity contribution in [1.82, 2.24) is 14.3 Å². The van der Waals surface area contributed by atoms with Crippen LogP contribution in [0.15, 0.2) is 12.3 Å². The molecule has 1 amide bonds. The average Bonchev–Trinajstić information content (AvgIpc) is 2.95. The van der Waals surface area contributed by atoms with Gasteiger partial charge in [0.1, 0.15) is 10.8 Å². The number of anilines is 3. The minimum Gasteiger partial charge on any atom is -0.364 e. The number of piperidine rings is 1. The van der Waals surface area contributed by atoms with Crippen molar-refractivity contribution in [1.29, 1.82) is 0 Å². The topological polar surface area (TPSA) is 123 Å². The number of aryl methyl sites for hydroxylation is 1. The fourth-order valence-corrected chi connectivity index (χ4v) is 3.48. The SMILES string of the molecule is Cc1cc(Nc2nc(N3CCC[C@@H](N)[C@H]3C)cnc2C(N)=O)sn1. The zero-order valence-electron chi connectivity index (χ0n) is 13.7. The number of carbonyl (C=O) groups is 1. The number of nitrogens with one attached hydrogen (secondary N) is 1. The Balaban J connectivity index is 1.94. The highest BCUT2D eigenvalue weighted by Crippen LogP contribution is 2.27. The van der Waals surface area contributed by atoms with Crippen molar-refractivity contribution in [3.05, 3.63) is 23.7 Å². The number of hydrogen-bond acceptors (Lipinski definition) is 8. The van der Waals surface area contributed by atoms with Gasteiger partial charge in [0, 0.05) is 18.6 Å². The van der Waals surface area contributed by atoms with Crippen molar-refractivity contribution in [2.75, 3.05) is 16.8 Å². The molecule has 2 aromatic heterocycles. The fourth-order valence-electron chi connectivity index (χ4n) is 2.82. The molecular weight excluding hydrogens is 326 g/mol. The number of hydrogen-bond donors (Lipinski definition) is 3.